The molecule has 1 N–H and O–H groups in total. The number of para-hydroxylation sites is 1. The number of rotatable bonds is 7. The molecule has 0 fully saturated rings. The second-order valence-electron chi connectivity index (χ2n) is 8.15. The molecule has 5 rings (SSSR count). The van der Waals surface area contributed by atoms with Crippen LogP contribution in [-0.2, 0) is 22.4 Å². The Labute approximate surface area is 196 Å². The second-order valence-corrected chi connectivity index (χ2v) is 8.15. The van der Waals surface area contributed by atoms with Crippen molar-refractivity contribution in [2.24, 2.45) is 0 Å². The summed E-state index contributed by atoms with van der Waals surface area (Å²) in [5.41, 5.74) is 4.04. The molecule has 0 bridgehead atoms. The van der Waals surface area contributed by atoms with Crippen LogP contribution >= 0.6 is 0 Å². The first kappa shape index (κ1) is 21.8. The van der Waals surface area contributed by atoms with Crippen LogP contribution in [0.15, 0.2) is 54.7 Å². The van der Waals surface area contributed by atoms with Crippen LogP contribution in [0.2, 0.25) is 0 Å². The van der Waals surface area contributed by atoms with Crippen molar-refractivity contribution in [3.63, 3.8) is 0 Å². The molecule has 3 heterocycles. The zero-order chi connectivity index (χ0) is 23.5. The van der Waals surface area contributed by atoms with E-state index in [1.165, 1.54) is 13.3 Å². The maximum Gasteiger partial charge on any atom is 0.339 e. The number of esters is 1. The number of ether oxygens (including phenoxy) is 4. The van der Waals surface area contributed by atoms with Crippen molar-refractivity contribution in [3.8, 4) is 28.5 Å². The predicted octanol–water partition coefficient (Wildman–Crippen LogP) is 3.32. The summed E-state index contributed by atoms with van der Waals surface area (Å²) < 4.78 is 21.6. The first-order valence-corrected chi connectivity index (χ1v) is 11.1. The Kier molecular flexibility index (Phi) is 6.03. The quantitative estimate of drug-likeness (QED) is 0.541. The summed E-state index contributed by atoms with van der Waals surface area (Å²) in [6, 6.07) is 15.1. The topological polar surface area (TPSA) is 96.0 Å². The maximum atomic E-state index is 12.4. The second kappa shape index (κ2) is 9.43. The summed E-state index contributed by atoms with van der Waals surface area (Å²) in [7, 11) is 1.34. The summed E-state index contributed by atoms with van der Waals surface area (Å²) in [6.45, 7) is 0.655. The Bertz CT molecular complexity index is 1220. The van der Waals surface area contributed by atoms with Crippen molar-refractivity contribution < 1.29 is 28.5 Å². The smallest absolute Gasteiger partial charge is 0.339 e. The van der Waals surface area contributed by atoms with Gasteiger partial charge >= 0.3 is 5.97 Å². The van der Waals surface area contributed by atoms with Crippen LogP contribution in [0.3, 0.4) is 0 Å². The number of pyridine rings is 1. The molecular formula is C26H24N2O6. The molecule has 0 aliphatic carbocycles. The Morgan fingerprint density at radius 1 is 1.12 bits per heavy atom. The minimum atomic E-state index is -0.428. The lowest BCUT2D eigenvalue weighted by molar-refractivity contribution is -0.121. The van der Waals surface area contributed by atoms with Gasteiger partial charge in [0, 0.05) is 24.6 Å². The molecule has 0 saturated heterocycles. The number of nitrogens with one attached hydrogen (secondary N) is 1. The number of fused-ring (bicyclic) bond motifs is 2. The van der Waals surface area contributed by atoms with Crippen molar-refractivity contribution >= 4 is 11.9 Å². The van der Waals surface area contributed by atoms with Crippen molar-refractivity contribution in [2.45, 2.75) is 25.4 Å². The largest absolute Gasteiger partial charge is 0.487 e. The molecular weight excluding hydrogens is 436 g/mol. The zero-order valence-electron chi connectivity index (χ0n) is 18.7. The predicted molar refractivity (Wildman–Crippen MR) is 123 cm³/mol. The van der Waals surface area contributed by atoms with Crippen molar-refractivity contribution in [2.75, 3.05) is 20.4 Å². The third-order valence-corrected chi connectivity index (χ3v) is 5.89. The SMILES string of the molecule is COC(=O)c1ccc(-c2cccc3c2OC(CNC(=O)CCc2ccc4c(c2)OCO4)C3)nc1. The van der Waals surface area contributed by atoms with Crippen LogP contribution < -0.4 is 19.5 Å². The van der Waals surface area contributed by atoms with Crippen molar-refractivity contribution in [3.05, 3.63) is 71.4 Å². The van der Waals surface area contributed by atoms with Crippen LogP contribution in [-0.4, -0.2) is 43.4 Å². The van der Waals surface area contributed by atoms with E-state index in [9.17, 15) is 9.59 Å². The molecule has 0 radical (unpaired) electrons. The lowest BCUT2D eigenvalue weighted by Crippen LogP contribution is -2.34. The first-order valence-electron chi connectivity index (χ1n) is 11.1. The Morgan fingerprint density at radius 2 is 2.00 bits per heavy atom. The van der Waals surface area contributed by atoms with Crippen LogP contribution in [0.4, 0.5) is 0 Å². The van der Waals surface area contributed by atoms with Crippen molar-refractivity contribution in [1.29, 1.82) is 0 Å². The number of hydrogen-bond acceptors (Lipinski definition) is 7. The number of carbonyl (C=O) groups is 2. The molecule has 2 aliphatic heterocycles. The van der Waals surface area contributed by atoms with E-state index < -0.39 is 5.97 Å². The summed E-state index contributed by atoms with van der Waals surface area (Å²) in [6.07, 6.45) is 3.03. The number of aryl methyl sites for hydroxylation is 1. The fraction of sp³-hybridized carbons (Fsp3) is 0.269. The first-order chi connectivity index (χ1) is 16.6. The van der Waals surface area contributed by atoms with E-state index in [1.54, 1.807) is 12.1 Å². The summed E-state index contributed by atoms with van der Waals surface area (Å²) in [5, 5.41) is 2.98. The van der Waals surface area contributed by atoms with Crippen LogP contribution in [0.5, 0.6) is 17.2 Å². The number of benzene rings is 2. The average molecular weight is 460 g/mol. The van der Waals surface area contributed by atoms with E-state index in [1.807, 2.05) is 36.4 Å². The molecule has 8 heteroatoms. The Morgan fingerprint density at radius 3 is 2.82 bits per heavy atom. The lowest BCUT2D eigenvalue weighted by Gasteiger charge is -2.13. The number of methoxy groups -OCH3 is 1. The van der Waals surface area contributed by atoms with Gasteiger partial charge in [-0.05, 0) is 47.9 Å². The highest BCUT2D eigenvalue weighted by atomic mass is 16.7. The number of carbonyl (C=O) groups excluding carboxylic acids is 2. The monoisotopic (exact) mass is 460 g/mol. The van der Waals surface area contributed by atoms with Gasteiger partial charge in [0.25, 0.3) is 0 Å². The van der Waals surface area contributed by atoms with E-state index in [2.05, 4.69) is 10.3 Å². The summed E-state index contributed by atoms with van der Waals surface area (Å²) in [4.78, 5) is 28.5. The number of amides is 1. The van der Waals surface area contributed by atoms with Crippen LogP contribution in [0, 0.1) is 0 Å². The van der Waals surface area contributed by atoms with E-state index in [0.717, 1.165) is 33.9 Å². The molecule has 1 aromatic heterocycles. The molecule has 1 atom stereocenters. The van der Waals surface area contributed by atoms with Gasteiger partial charge in [0.05, 0.1) is 24.9 Å². The number of aromatic nitrogens is 1. The van der Waals surface area contributed by atoms with Gasteiger partial charge < -0.3 is 24.3 Å². The Balaban J connectivity index is 1.16. The van der Waals surface area contributed by atoms with E-state index in [0.29, 0.717) is 37.1 Å². The maximum absolute atomic E-state index is 12.4. The fourth-order valence-corrected chi connectivity index (χ4v) is 4.12. The molecule has 34 heavy (non-hydrogen) atoms. The summed E-state index contributed by atoms with van der Waals surface area (Å²) in [5.74, 6) is 1.77. The van der Waals surface area contributed by atoms with Crippen LogP contribution in [0.25, 0.3) is 11.3 Å². The van der Waals surface area contributed by atoms with Crippen molar-refractivity contribution in [1.82, 2.24) is 10.3 Å². The molecule has 0 spiro atoms. The molecule has 3 aromatic rings. The van der Waals surface area contributed by atoms with Gasteiger partial charge in [-0.2, -0.15) is 0 Å². The molecule has 2 aliphatic rings. The Hall–Kier alpha value is -4.07. The fourth-order valence-electron chi connectivity index (χ4n) is 4.12. The normalized spacial score (nSPS) is 15.4. The highest BCUT2D eigenvalue weighted by molar-refractivity contribution is 5.89. The minimum absolute atomic E-state index is 0.0301. The average Bonchev–Trinajstić information content (AvgIpc) is 3.52. The zero-order valence-corrected chi connectivity index (χ0v) is 18.7. The van der Waals surface area contributed by atoms with Crippen LogP contribution in [0.1, 0.15) is 27.9 Å². The van der Waals surface area contributed by atoms with E-state index >= 15 is 0 Å². The van der Waals surface area contributed by atoms with Gasteiger partial charge in [0.2, 0.25) is 12.7 Å². The molecule has 1 amide bonds. The van der Waals surface area contributed by atoms with E-state index in [4.69, 9.17) is 18.9 Å². The summed E-state index contributed by atoms with van der Waals surface area (Å²) >= 11 is 0. The van der Waals surface area contributed by atoms with Gasteiger partial charge in [-0.1, -0.05) is 18.2 Å². The lowest BCUT2D eigenvalue weighted by atomic mass is 10.0. The molecule has 174 valence electrons. The highest BCUT2D eigenvalue weighted by Gasteiger charge is 2.26. The molecule has 8 nitrogen and oxygen atoms in total. The van der Waals surface area contributed by atoms with Gasteiger partial charge in [0.1, 0.15) is 11.9 Å². The standard InChI is InChI=1S/C26H24N2O6/c1-31-26(30)18-7-8-21(27-13-18)20-4-2-3-17-12-19(34-25(17)20)14-28-24(29)10-6-16-5-9-22-23(11-16)33-15-32-22/h2-5,7-9,11,13,19H,6,10,12,14-15H2,1H3,(H,28,29). The minimum Gasteiger partial charge on any atom is -0.487 e. The molecule has 2 aromatic carbocycles. The number of nitrogens with zero attached hydrogens (tertiary/aromatic N) is 1. The van der Waals surface area contributed by atoms with Gasteiger partial charge in [-0.3, -0.25) is 9.78 Å². The van der Waals surface area contributed by atoms with Gasteiger partial charge in [-0.25, -0.2) is 4.79 Å². The number of hydrogen-bond donors (Lipinski definition) is 1. The van der Waals surface area contributed by atoms with E-state index in [-0.39, 0.29) is 18.8 Å². The third-order valence-electron chi connectivity index (χ3n) is 5.89. The van der Waals surface area contributed by atoms with Gasteiger partial charge in [-0.15, -0.1) is 0 Å². The molecule has 0 saturated carbocycles. The van der Waals surface area contributed by atoms with Gasteiger partial charge in [0.15, 0.2) is 11.5 Å². The highest BCUT2D eigenvalue weighted by Crippen LogP contribution is 2.38. The third kappa shape index (κ3) is 4.52. The molecule has 1 unspecified atom stereocenters.